The van der Waals surface area contributed by atoms with E-state index in [2.05, 4.69) is 0 Å². The monoisotopic (exact) mass is 255 g/mol. The quantitative estimate of drug-likeness (QED) is 0.771. The highest BCUT2D eigenvalue weighted by molar-refractivity contribution is 5.34. The number of aromatic nitrogens is 2. The van der Waals surface area contributed by atoms with Crippen LogP contribution in [-0.4, -0.2) is 9.13 Å². The van der Waals surface area contributed by atoms with E-state index in [0.29, 0.717) is 5.69 Å². The maximum absolute atomic E-state index is 11.9. The van der Waals surface area contributed by atoms with Gasteiger partial charge in [0, 0.05) is 18.1 Å². The topological polar surface area (TPSA) is 67.8 Å². The number of rotatable bonds is 3. The van der Waals surface area contributed by atoms with Crippen LogP contribution in [0.5, 0.6) is 0 Å². The second-order valence-corrected chi connectivity index (χ2v) is 4.08. The number of nitrogens with zero attached hydrogens (tertiary/aromatic N) is 3. The zero-order valence-electron chi connectivity index (χ0n) is 10.5. The minimum atomic E-state index is -0.691. The maximum atomic E-state index is 11.9. The van der Waals surface area contributed by atoms with Crippen LogP contribution < -0.4 is 11.1 Å². The molecule has 0 saturated carbocycles. The minimum absolute atomic E-state index is 0.121. The summed E-state index contributed by atoms with van der Waals surface area (Å²) in [6.07, 6.45) is 3.86. The Morgan fingerprint density at radius 3 is 2.37 bits per heavy atom. The molecule has 0 atom stereocenters. The van der Waals surface area contributed by atoms with Crippen molar-refractivity contribution in [2.75, 3.05) is 0 Å². The zero-order valence-corrected chi connectivity index (χ0v) is 10.5. The molecule has 0 aliphatic heterocycles. The molecule has 5 heteroatoms. The molecule has 96 valence electrons. The molecule has 0 fully saturated rings. The number of hydrogen-bond acceptors (Lipinski definition) is 3. The van der Waals surface area contributed by atoms with Crippen molar-refractivity contribution in [3.8, 4) is 11.8 Å². The van der Waals surface area contributed by atoms with Gasteiger partial charge in [0.2, 0.25) is 0 Å². The first-order valence-corrected chi connectivity index (χ1v) is 5.95. The van der Waals surface area contributed by atoms with Gasteiger partial charge in [-0.1, -0.05) is 19.1 Å². The molecule has 0 N–H and O–H groups in total. The van der Waals surface area contributed by atoms with E-state index < -0.39 is 11.1 Å². The molecule has 0 unspecified atom stereocenters. The third kappa shape index (κ3) is 2.47. The van der Waals surface area contributed by atoms with Gasteiger partial charge in [-0.15, -0.1) is 0 Å². The molecule has 2 rings (SSSR count). The Morgan fingerprint density at radius 1 is 1.11 bits per heavy atom. The van der Waals surface area contributed by atoms with Gasteiger partial charge < -0.3 is 0 Å². The Labute approximate surface area is 110 Å². The molecule has 0 amide bonds. The van der Waals surface area contributed by atoms with Gasteiger partial charge in [-0.25, -0.2) is 0 Å². The Balaban J connectivity index is 2.52. The van der Waals surface area contributed by atoms with Gasteiger partial charge in [-0.05, 0) is 24.1 Å². The number of aryl methyl sites for hydroxylation is 1. The third-order valence-corrected chi connectivity index (χ3v) is 2.92. The molecule has 0 bridgehead atoms. The summed E-state index contributed by atoms with van der Waals surface area (Å²) in [4.78, 5) is 23.7. The van der Waals surface area contributed by atoms with Gasteiger partial charge in [0.05, 0.1) is 6.07 Å². The van der Waals surface area contributed by atoms with Crippen LogP contribution in [0.15, 0.2) is 46.2 Å². The Hall–Kier alpha value is -2.61. The predicted molar refractivity (Wildman–Crippen MR) is 71.3 cm³/mol. The van der Waals surface area contributed by atoms with Crippen LogP contribution in [0.1, 0.15) is 12.5 Å². The summed E-state index contributed by atoms with van der Waals surface area (Å²) in [5, 5.41) is 8.56. The molecule has 0 aliphatic carbocycles. The smallest absolute Gasteiger partial charge is 0.295 e. The molecule has 5 nitrogen and oxygen atoms in total. The average Bonchev–Trinajstić information content (AvgIpc) is 2.45. The van der Waals surface area contributed by atoms with Gasteiger partial charge >= 0.3 is 11.1 Å². The van der Waals surface area contributed by atoms with Gasteiger partial charge in [-0.3, -0.25) is 18.7 Å². The van der Waals surface area contributed by atoms with Crippen LogP contribution in [-0.2, 0) is 13.0 Å². The molecular weight excluding hydrogens is 242 g/mol. The van der Waals surface area contributed by atoms with Crippen LogP contribution in [0.3, 0.4) is 0 Å². The first-order chi connectivity index (χ1) is 9.17. The molecule has 1 aromatic heterocycles. The van der Waals surface area contributed by atoms with Crippen LogP contribution >= 0.6 is 0 Å². The van der Waals surface area contributed by atoms with Crippen molar-refractivity contribution in [3.05, 3.63) is 62.9 Å². The number of benzene rings is 1. The standard InChI is InChI=1S/C14H13N3O2/c1-2-11-3-5-12(6-4-11)17-10-9-16(8-7-15)13(18)14(17)19/h3-6,9-10H,2,8H2,1H3. The zero-order chi connectivity index (χ0) is 13.8. The molecule has 19 heavy (non-hydrogen) atoms. The molecule has 0 aliphatic rings. The Morgan fingerprint density at radius 2 is 1.79 bits per heavy atom. The fraction of sp³-hybridized carbons (Fsp3) is 0.214. The second kappa shape index (κ2) is 5.36. The van der Waals surface area contributed by atoms with Crippen LogP contribution in [0.25, 0.3) is 5.69 Å². The summed E-state index contributed by atoms with van der Waals surface area (Å²) in [7, 11) is 0. The molecule has 2 aromatic rings. The van der Waals surface area contributed by atoms with Crippen LogP contribution in [0.2, 0.25) is 0 Å². The normalized spacial score (nSPS) is 10.1. The highest BCUT2D eigenvalue weighted by Crippen LogP contribution is 2.07. The Kier molecular flexibility index (Phi) is 3.62. The van der Waals surface area contributed by atoms with Crippen molar-refractivity contribution in [2.45, 2.75) is 19.9 Å². The van der Waals surface area contributed by atoms with E-state index in [9.17, 15) is 9.59 Å². The van der Waals surface area contributed by atoms with Gasteiger partial charge in [0.1, 0.15) is 6.54 Å². The lowest BCUT2D eigenvalue weighted by atomic mass is 10.1. The van der Waals surface area contributed by atoms with Crippen molar-refractivity contribution in [1.29, 1.82) is 5.26 Å². The van der Waals surface area contributed by atoms with Gasteiger partial charge in [0.25, 0.3) is 0 Å². The lowest BCUT2D eigenvalue weighted by molar-refractivity contribution is 0.739. The summed E-state index contributed by atoms with van der Waals surface area (Å²) in [5.41, 5.74) is 0.462. The molecule has 0 radical (unpaired) electrons. The van der Waals surface area contributed by atoms with E-state index in [1.807, 2.05) is 25.1 Å². The number of hydrogen-bond donors (Lipinski definition) is 0. The molecule has 1 heterocycles. The predicted octanol–water partition coefficient (Wildman–Crippen LogP) is 1.09. The van der Waals surface area contributed by atoms with E-state index >= 15 is 0 Å². The lowest BCUT2D eigenvalue weighted by Crippen LogP contribution is -2.39. The van der Waals surface area contributed by atoms with Crippen LogP contribution in [0, 0.1) is 11.3 Å². The first-order valence-electron chi connectivity index (χ1n) is 5.95. The highest BCUT2D eigenvalue weighted by Gasteiger charge is 2.06. The van der Waals surface area contributed by atoms with Crippen LogP contribution in [0.4, 0.5) is 0 Å². The third-order valence-electron chi connectivity index (χ3n) is 2.92. The Bertz CT molecular complexity index is 733. The summed E-state index contributed by atoms with van der Waals surface area (Å²) in [6, 6.07) is 9.28. The summed E-state index contributed by atoms with van der Waals surface area (Å²) in [6.45, 7) is 1.92. The summed E-state index contributed by atoms with van der Waals surface area (Å²) in [5.74, 6) is 0. The van der Waals surface area contributed by atoms with Crippen molar-refractivity contribution in [1.82, 2.24) is 9.13 Å². The van der Waals surface area contributed by atoms with Crippen molar-refractivity contribution < 1.29 is 0 Å². The fourth-order valence-corrected chi connectivity index (χ4v) is 1.80. The SMILES string of the molecule is CCc1ccc(-n2ccn(CC#N)c(=O)c2=O)cc1. The largest absolute Gasteiger partial charge is 0.321 e. The van der Waals surface area contributed by atoms with Crippen molar-refractivity contribution in [2.24, 2.45) is 0 Å². The van der Waals surface area contributed by atoms with E-state index in [1.54, 1.807) is 12.1 Å². The first kappa shape index (κ1) is 12.8. The minimum Gasteiger partial charge on any atom is -0.295 e. The van der Waals surface area contributed by atoms with E-state index in [0.717, 1.165) is 16.6 Å². The fourth-order valence-electron chi connectivity index (χ4n) is 1.80. The van der Waals surface area contributed by atoms with Crippen molar-refractivity contribution in [3.63, 3.8) is 0 Å². The van der Waals surface area contributed by atoms with E-state index in [4.69, 9.17) is 5.26 Å². The summed E-state index contributed by atoms with van der Waals surface area (Å²) < 4.78 is 2.38. The second-order valence-electron chi connectivity index (χ2n) is 4.08. The molecule has 0 saturated heterocycles. The summed E-state index contributed by atoms with van der Waals surface area (Å²) >= 11 is 0. The number of nitriles is 1. The highest BCUT2D eigenvalue weighted by atomic mass is 16.2. The average molecular weight is 255 g/mol. The maximum Gasteiger partial charge on any atom is 0.321 e. The molecule has 1 aromatic carbocycles. The van der Waals surface area contributed by atoms with E-state index in [1.165, 1.54) is 17.0 Å². The molecule has 0 spiro atoms. The lowest BCUT2D eigenvalue weighted by Gasteiger charge is -2.07. The van der Waals surface area contributed by atoms with Crippen molar-refractivity contribution >= 4 is 0 Å². The molecular formula is C14H13N3O2. The van der Waals surface area contributed by atoms with Gasteiger partial charge in [0.15, 0.2) is 0 Å². The van der Waals surface area contributed by atoms with Gasteiger partial charge in [-0.2, -0.15) is 5.26 Å². The van der Waals surface area contributed by atoms with E-state index in [-0.39, 0.29) is 6.54 Å².